The highest BCUT2D eigenvalue weighted by atomic mass is 16.5. The van der Waals surface area contributed by atoms with Crippen molar-refractivity contribution in [3.05, 3.63) is 90.6 Å². The normalized spacial score (nSPS) is 10.8. The van der Waals surface area contributed by atoms with Crippen molar-refractivity contribution >= 4 is 16.8 Å². The first-order chi connectivity index (χ1) is 15.7. The number of aromatic nitrogens is 5. The fraction of sp³-hybridized carbons (Fsp3) is 0.0417. The molecule has 0 atom stereocenters. The van der Waals surface area contributed by atoms with Crippen LogP contribution in [0, 0.1) is 0 Å². The number of hydrogen-bond donors (Lipinski definition) is 1. The summed E-state index contributed by atoms with van der Waals surface area (Å²) in [7, 11) is 1.54. The van der Waals surface area contributed by atoms with E-state index in [0.29, 0.717) is 40.2 Å². The third-order valence-corrected chi connectivity index (χ3v) is 4.82. The van der Waals surface area contributed by atoms with Crippen LogP contribution in [0.5, 0.6) is 17.5 Å². The molecule has 5 rings (SSSR count). The fourth-order valence-electron chi connectivity index (χ4n) is 3.30. The zero-order chi connectivity index (χ0) is 21.9. The fourth-order valence-corrected chi connectivity index (χ4v) is 3.30. The standard InChI is InChI=1S/C24H17N5O3/c1-31-23-17(5-4-12-26-23)20-24(27-14-13-25-20)32-16-10-8-15(9-11-16)21(30)22-28-18-6-2-3-7-19(18)29-22/h2-14H,1H3,(H,28,29). The molecule has 3 aromatic heterocycles. The Morgan fingerprint density at radius 3 is 2.44 bits per heavy atom. The van der Waals surface area contributed by atoms with Gasteiger partial charge < -0.3 is 14.5 Å². The summed E-state index contributed by atoms with van der Waals surface area (Å²) in [5.41, 5.74) is 3.22. The van der Waals surface area contributed by atoms with Crippen LogP contribution in [-0.2, 0) is 0 Å². The average molecular weight is 423 g/mol. The monoisotopic (exact) mass is 423 g/mol. The number of para-hydroxylation sites is 2. The van der Waals surface area contributed by atoms with Gasteiger partial charge in [-0.05, 0) is 48.5 Å². The van der Waals surface area contributed by atoms with Crippen LogP contribution in [0.25, 0.3) is 22.3 Å². The van der Waals surface area contributed by atoms with Gasteiger partial charge in [0, 0.05) is 24.2 Å². The third-order valence-electron chi connectivity index (χ3n) is 4.82. The van der Waals surface area contributed by atoms with E-state index in [4.69, 9.17) is 9.47 Å². The van der Waals surface area contributed by atoms with Crippen molar-refractivity contribution in [1.29, 1.82) is 0 Å². The molecule has 8 nitrogen and oxygen atoms in total. The van der Waals surface area contributed by atoms with Gasteiger partial charge in [-0.15, -0.1) is 0 Å². The maximum atomic E-state index is 12.8. The van der Waals surface area contributed by atoms with Gasteiger partial charge in [-0.2, -0.15) is 0 Å². The van der Waals surface area contributed by atoms with Crippen LogP contribution in [0.2, 0.25) is 0 Å². The lowest BCUT2D eigenvalue weighted by atomic mass is 10.1. The number of ketones is 1. The first kappa shape index (κ1) is 19.4. The molecule has 0 aliphatic carbocycles. The summed E-state index contributed by atoms with van der Waals surface area (Å²) in [5.74, 6) is 1.32. The Morgan fingerprint density at radius 2 is 1.62 bits per heavy atom. The lowest BCUT2D eigenvalue weighted by molar-refractivity contribution is 0.103. The number of carbonyl (C=O) groups is 1. The van der Waals surface area contributed by atoms with Gasteiger partial charge in [0.05, 0.1) is 23.7 Å². The van der Waals surface area contributed by atoms with Crippen molar-refractivity contribution in [1.82, 2.24) is 24.9 Å². The van der Waals surface area contributed by atoms with Gasteiger partial charge >= 0.3 is 0 Å². The number of imidazole rings is 1. The summed E-state index contributed by atoms with van der Waals surface area (Å²) in [5, 5.41) is 0. The van der Waals surface area contributed by atoms with Crippen molar-refractivity contribution in [2.75, 3.05) is 7.11 Å². The van der Waals surface area contributed by atoms with E-state index < -0.39 is 0 Å². The Morgan fingerprint density at radius 1 is 0.844 bits per heavy atom. The summed E-state index contributed by atoms with van der Waals surface area (Å²) in [6, 6.07) is 17.9. The number of rotatable bonds is 6. The molecule has 0 saturated heterocycles. The predicted molar refractivity (Wildman–Crippen MR) is 118 cm³/mol. The lowest BCUT2D eigenvalue weighted by Crippen LogP contribution is -2.03. The van der Waals surface area contributed by atoms with Crippen LogP contribution in [0.15, 0.2) is 79.3 Å². The van der Waals surface area contributed by atoms with Gasteiger partial charge in [-0.25, -0.2) is 19.9 Å². The number of methoxy groups -OCH3 is 1. The number of pyridine rings is 1. The Labute approximate surface area is 182 Å². The molecule has 0 radical (unpaired) electrons. The molecule has 0 unspecified atom stereocenters. The zero-order valence-corrected chi connectivity index (χ0v) is 17.0. The van der Waals surface area contributed by atoms with Gasteiger partial charge in [0.1, 0.15) is 11.4 Å². The highest BCUT2D eigenvalue weighted by Crippen LogP contribution is 2.33. The van der Waals surface area contributed by atoms with E-state index >= 15 is 0 Å². The minimum atomic E-state index is -0.201. The smallest absolute Gasteiger partial charge is 0.246 e. The summed E-state index contributed by atoms with van der Waals surface area (Å²) >= 11 is 0. The molecule has 0 aliphatic rings. The summed E-state index contributed by atoms with van der Waals surface area (Å²) in [6.07, 6.45) is 4.75. The van der Waals surface area contributed by atoms with Gasteiger partial charge in [0.2, 0.25) is 17.5 Å². The van der Waals surface area contributed by atoms with E-state index in [1.54, 1.807) is 56.0 Å². The van der Waals surface area contributed by atoms with E-state index in [1.807, 2.05) is 30.3 Å². The van der Waals surface area contributed by atoms with Crippen molar-refractivity contribution in [2.45, 2.75) is 0 Å². The number of benzene rings is 2. The zero-order valence-electron chi connectivity index (χ0n) is 17.0. The van der Waals surface area contributed by atoms with E-state index in [9.17, 15) is 4.79 Å². The van der Waals surface area contributed by atoms with E-state index in [2.05, 4.69) is 24.9 Å². The number of nitrogens with zero attached hydrogens (tertiary/aromatic N) is 4. The molecule has 0 fully saturated rings. The molecule has 0 bridgehead atoms. The number of nitrogens with one attached hydrogen (secondary N) is 1. The van der Waals surface area contributed by atoms with Crippen molar-refractivity contribution in [3.63, 3.8) is 0 Å². The van der Waals surface area contributed by atoms with Crippen LogP contribution in [0.3, 0.4) is 0 Å². The topological polar surface area (TPSA) is 103 Å². The van der Waals surface area contributed by atoms with Crippen molar-refractivity contribution < 1.29 is 14.3 Å². The molecular weight excluding hydrogens is 406 g/mol. The van der Waals surface area contributed by atoms with E-state index in [1.165, 1.54) is 0 Å². The second-order valence-electron chi connectivity index (χ2n) is 6.83. The number of aromatic amines is 1. The van der Waals surface area contributed by atoms with E-state index in [-0.39, 0.29) is 5.78 Å². The van der Waals surface area contributed by atoms with Gasteiger partial charge in [-0.3, -0.25) is 4.79 Å². The Balaban J connectivity index is 1.40. The van der Waals surface area contributed by atoms with Gasteiger partial charge in [-0.1, -0.05) is 12.1 Å². The highest BCUT2D eigenvalue weighted by Gasteiger charge is 2.17. The summed E-state index contributed by atoms with van der Waals surface area (Å²) in [4.78, 5) is 33.1. The second kappa shape index (κ2) is 8.27. The van der Waals surface area contributed by atoms with Crippen molar-refractivity contribution in [2.24, 2.45) is 0 Å². The summed E-state index contributed by atoms with van der Waals surface area (Å²) in [6.45, 7) is 0. The second-order valence-corrected chi connectivity index (χ2v) is 6.83. The average Bonchev–Trinajstić information content (AvgIpc) is 3.29. The van der Waals surface area contributed by atoms with Crippen LogP contribution in [0.1, 0.15) is 16.2 Å². The summed E-state index contributed by atoms with van der Waals surface area (Å²) < 4.78 is 11.3. The molecule has 0 saturated carbocycles. The van der Waals surface area contributed by atoms with Crippen LogP contribution >= 0.6 is 0 Å². The molecule has 5 aromatic rings. The molecule has 156 valence electrons. The number of carbonyl (C=O) groups excluding carboxylic acids is 1. The minimum Gasteiger partial charge on any atom is -0.481 e. The molecule has 8 heteroatoms. The quantitative estimate of drug-likeness (QED) is 0.403. The third kappa shape index (κ3) is 3.65. The molecule has 32 heavy (non-hydrogen) atoms. The number of H-pyrrole nitrogens is 1. The van der Waals surface area contributed by atoms with Gasteiger partial charge in [0.25, 0.3) is 0 Å². The Kier molecular flexibility index (Phi) is 5.01. The Bertz CT molecular complexity index is 1380. The largest absolute Gasteiger partial charge is 0.481 e. The maximum Gasteiger partial charge on any atom is 0.246 e. The first-order valence-corrected chi connectivity index (χ1v) is 9.80. The predicted octanol–water partition coefficient (Wildman–Crippen LogP) is 4.45. The molecule has 0 spiro atoms. The van der Waals surface area contributed by atoms with E-state index in [0.717, 1.165) is 11.0 Å². The SMILES string of the molecule is COc1ncccc1-c1nccnc1Oc1ccc(C(=O)c2nc3ccccc3[nH]2)cc1. The number of hydrogen-bond acceptors (Lipinski definition) is 7. The van der Waals surface area contributed by atoms with Gasteiger partial charge in [0.15, 0.2) is 5.82 Å². The van der Waals surface area contributed by atoms with Crippen molar-refractivity contribution in [3.8, 4) is 28.8 Å². The molecule has 0 aliphatic heterocycles. The molecule has 3 heterocycles. The maximum absolute atomic E-state index is 12.8. The molecule has 1 N–H and O–H groups in total. The number of ether oxygens (including phenoxy) is 2. The Hall–Kier alpha value is -4.59. The first-order valence-electron chi connectivity index (χ1n) is 9.80. The minimum absolute atomic E-state index is 0.201. The lowest BCUT2D eigenvalue weighted by Gasteiger charge is -2.11. The van der Waals surface area contributed by atoms with Crippen LogP contribution in [-0.4, -0.2) is 37.8 Å². The highest BCUT2D eigenvalue weighted by molar-refractivity contribution is 6.08. The molecule has 0 amide bonds. The molecule has 2 aromatic carbocycles. The molecular formula is C24H17N5O3. The van der Waals surface area contributed by atoms with Crippen LogP contribution in [0.4, 0.5) is 0 Å². The number of fused-ring (bicyclic) bond motifs is 1. The van der Waals surface area contributed by atoms with Crippen LogP contribution < -0.4 is 9.47 Å².